The van der Waals surface area contributed by atoms with Gasteiger partial charge in [-0.15, -0.1) is 0 Å². The van der Waals surface area contributed by atoms with Gasteiger partial charge in [-0.3, -0.25) is 0 Å². The van der Waals surface area contributed by atoms with E-state index in [9.17, 15) is 8.78 Å². The van der Waals surface area contributed by atoms with Crippen molar-refractivity contribution >= 4 is 0 Å². The van der Waals surface area contributed by atoms with Gasteiger partial charge in [-0.25, -0.2) is 8.78 Å². The number of nitrogens with two attached hydrogens (primary N) is 1. The Morgan fingerprint density at radius 3 is 2.72 bits per heavy atom. The summed E-state index contributed by atoms with van der Waals surface area (Å²) in [5, 5.41) is 0. The second-order valence-corrected chi connectivity index (χ2v) is 5.05. The monoisotopic (exact) mass is 254 g/mol. The quantitative estimate of drug-likeness (QED) is 0.845. The second kappa shape index (κ2) is 5.76. The average Bonchev–Trinajstić information content (AvgIpc) is 3.15. The smallest absolute Gasteiger partial charge is 0.163 e. The Morgan fingerprint density at radius 2 is 2.11 bits per heavy atom. The Kier molecular flexibility index (Phi) is 4.30. The van der Waals surface area contributed by atoms with E-state index >= 15 is 0 Å². The Labute approximate surface area is 107 Å². The maximum absolute atomic E-state index is 13.6. The molecule has 2 N–H and O–H groups in total. The molecule has 0 spiro atoms. The Bertz CT molecular complexity index is 405. The second-order valence-electron chi connectivity index (χ2n) is 5.05. The van der Waals surface area contributed by atoms with E-state index < -0.39 is 17.7 Å². The highest BCUT2D eigenvalue weighted by molar-refractivity contribution is 5.22. The molecule has 1 aromatic carbocycles. The van der Waals surface area contributed by atoms with E-state index in [1.165, 1.54) is 18.9 Å². The molecule has 2 rings (SSSR count). The molecule has 1 fully saturated rings. The van der Waals surface area contributed by atoms with Gasteiger partial charge in [0.15, 0.2) is 11.6 Å². The molecule has 18 heavy (non-hydrogen) atoms. The van der Waals surface area contributed by atoms with Crippen LogP contribution in [0.2, 0.25) is 0 Å². The van der Waals surface area contributed by atoms with Crippen molar-refractivity contribution in [2.24, 2.45) is 11.7 Å². The van der Waals surface area contributed by atoms with E-state index in [4.69, 9.17) is 5.73 Å². The number of halogens is 2. The van der Waals surface area contributed by atoms with Crippen LogP contribution in [0, 0.1) is 17.6 Å². The lowest BCUT2D eigenvalue weighted by atomic mass is 10.1. The first-order valence-corrected chi connectivity index (χ1v) is 6.53. The molecular weight excluding hydrogens is 234 g/mol. The third-order valence-corrected chi connectivity index (χ3v) is 3.50. The van der Waals surface area contributed by atoms with Crippen LogP contribution in [0.25, 0.3) is 0 Å². The van der Waals surface area contributed by atoms with Crippen LogP contribution in [-0.2, 0) is 0 Å². The number of likely N-dealkylation sites (N-methyl/N-ethyl adjacent to an activating group) is 1. The fraction of sp³-hybridized carbons (Fsp3) is 0.571. The number of nitrogens with zero attached hydrogens (tertiary/aromatic N) is 1. The van der Waals surface area contributed by atoms with Gasteiger partial charge < -0.3 is 10.6 Å². The van der Waals surface area contributed by atoms with Gasteiger partial charge in [0, 0.05) is 24.7 Å². The molecule has 0 heterocycles. The van der Waals surface area contributed by atoms with Crippen molar-refractivity contribution in [3.05, 3.63) is 35.4 Å². The van der Waals surface area contributed by atoms with E-state index in [1.54, 1.807) is 6.07 Å². The predicted molar refractivity (Wildman–Crippen MR) is 68.1 cm³/mol. The van der Waals surface area contributed by atoms with Crippen molar-refractivity contribution in [2.75, 3.05) is 19.6 Å². The summed E-state index contributed by atoms with van der Waals surface area (Å²) in [7, 11) is 0. The molecule has 100 valence electrons. The Balaban J connectivity index is 2.00. The van der Waals surface area contributed by atoms with E-state index in [0.717, 1.165) is 25.1 Å². The van der Waals surface area contributed by atoms with Gasteiger partial charge in [0.05, 0.1) is 0 Å². The molecule has 4 heteroatoms. The minimum Gasteiger partial charge on any atom is -0.323 e. The van der Waals surface area contributed by atoms with Gasteiger partial charge >= 0.3 is 0 Å². The molecule has 1 aliphatic rings. The van der Waals surface area contributed by atoms with Gasteiger partial charge in [0.25, 0.3) is 0 Å². The molecule has 0 aromatic heterocycles. The predicted octanol–water partition coefficient (Wildman–Crippen LogP) is 2.70. The molecule has 0 saturated heterocycles. The van der Waals surface area contributed by atoms with Gasteiger partial charge in [0.2, 0.25) is 0 Å². The van der Waals surface area contributed by atoms with E-state index in [2.05, 4.69) is 11.8 Å². The third kappa shape index (κ3) is 3.27. The van der Waals surface area contributed by atoms with Gasteiger partial charge in [-0.05, 0) is 31.4 Å². The molecule has 1 saturated carbocycles. The first-order valence-electron chi connectivity index (χ1n) is 6.53. The van der Waals surface area contributed by atoms with Gasteiger partial charge in [-0.1, -0.05) is 19.1 Å². The zero-order valence-corrected chi connectivity index (χ0v) is 10.7. The van der Waals surface area contributed by atoms with Crippen molar-refractivity contribution in [2.45, 2.75) is 25.8 Å². The van der Waals surface area contributed by atoms with Crippen LogP contribution < -0.4 is 5.73 Å². The Hall–Kier alpha value is -1.00. The fourth-order valence-corrected chi connectivity index (χ4v) is 2.18. The Morgan fingerprint density at radius 1 is 1.39 bits per heavy atom. The average molecular weight is 254 g/mol. The summed E-state index contributed by atoms with van der Waals surface area (Å²) in [5.74, 6) is -0.866. The zero-order chi connectivity index (χ0) is 13.1. The van der Waals surface area contributed by atoms with Crippen LogP contribution in [0.3, 0.4) is 0 Å². The molecule has 1 atom stereocenters. The number of benzene rings is 1. The minimum atomic E-state index is -0.826. The molecule has 0 amide bonds. The molecule has 0 aliphatic heterocycles. The fourth-order valence-electron chi connectivity index (χ4n) is 2.18. The van der Waals surface area contributed by atoms with Crippen LogP contribution in [0.4, 0.5) is 8.78 Å². The van der Waals surface area contributed by atoms with Crippen molar-refractivity contribution in [3.63, 3.8) is 0 Å². The first-order chi connectivity index (χ1) is 8.61. The molecule has 0 bridgehead atoms. The maximum atomic E-state index is 13.6. The van der Waals surface area contributed by atoms with Crippen molar-refractivity contribution in [1.82, 2.24) is 4.90 Å². The lowest BCUT2D eigenvalue weighted by Gasteiger charge is -2.24. The topological polar surface area (TPSA) is 29.3 Å². The maximum Gasteiger partial charge on any atom is 0.163 e. The van der Waals surface area contributed by atoms with Crippen LogP contribution in [0.5, 0.6) is 0 Å². The summed E-state index contributed by atoms with van der Waals surface area (Å²) in [6.45, 7) is 4.55. The summed E-state index contributed by atoms with van der Waals surface area (Å²) in [6, 6.07) is 3.71. The van der Waals surface area contributed by atoms with Crippen LogP contribution >= 0.6 is 0 Å². The van der Waals surface area contributed by atoms with Crippen LogP contribution in [0.15, 0.2) is 18.2 Å². The van der Waals surface area contributed by atoms with Crippen molar-refractivity contribution in [1.29, 1.82) is 0 Å². The number of hydrogen-bond acceptors (Lipinski definition) is 2. The lowest BCUT2D eigenvalue weighted by molar-refractivity contribution is 0.258. The highest BCUT2D eigenvalue weighted by Gasteiger charge is 2.25. The molecule has 1 aliphatic carbocycles. The van der Waals surface area contributed by atoms with E-state index in [-0.39, 0.29) is 5.56 Å². The van der Waals surface area contributed by atoms with Gasteiger partial charge in [0.1, 0.15) is 0 Å². The summed E-state index contributed by atoms with van der Waals surface area (Å²) < 4.78 is 26.7. The van der Waals surface area contributed by atoms with Gasteiger partial charge in [-0.2, -0.15) is 0 Å². The minimum absolute atomic E-state index is 0.268. The molecule has 1 aromatic rings. The summed E-state index contributed by atoms with van der Waals surface area (Å²) in [6.07, 6.45) is 2.56. The van der Waals surface area contributed by atoms with Crippen LogP contribution in [-0.4, -0.2) is 24.5 Å². The molecule has 1 unspecified atom stereocenters. The lowest BCUT2D eigenvalue weighted by Crippen LogP contribution is -2.34. The summed E-state index contributed by atoms with van der Waals surface area (Å²) in [4.78, 5) is 2.21. The number of rotatable bonds is 6. The van der Waals surface area contributed by atoms with Crippen molar-refractivity contribution < 1.29 is 8.78 Å². The zero-order valence-electron chi connectivity index (χ0n) is 10.7. The molecule has 0 radical (unpaired) electrons. The molecular formula is C14H20F2N2. The third-order valence-electron chi connectivity index (χ3n) is 3.50. The highest BCUT2D eigenvalue weighted by Crippen LogP contribution is 2.30. The number of hydrogen-bond donors (Lipinski definition) is 1. The standard InChI is InChI=1S/C14H20F2N2/c1-2-18(8-10-6-7-10)9-13(17)11-4-3-5-12(15)14(11)16/h3-5,10,13H,2,6-9,17H2,1H3. The van der Waals surface area contributed by atoms with Crippen molar-refractivity contribution in [3.8, 4) is 0 Å². The van der Waals surface area contributed by atoms with E-state index in [1.807, 2.05) is 0 Å². The van der Waals surface area contributed by atoms with Crippen LogP contribution in [0.1, 0.15) is 31.4 Å². The SMILES string of the molecule is CCN(CC1CC1)CC(N)c1cccc(F)c1F. The highest BCUT2D eigenvalue weighted by atomic mass is 19.2. The van der Waals surface area contributed by atoms with E-state index in [0.29, 0.717) is 6.54 Å². The normalized spacial score (nSPS) is 17.2. The summed E-state index contributed by atoms with van der Waals surface area (Å²) >= 11 is 0. The molecule has 2 nitrogen and oxygen atoms in total. The summed E-state index contributed by atoms with van der Waals surface area (Å²) in [5.41, 5.74) is 6.26. The largest absolute Gasteiger partial charge is 0.323 e. The first kappa shape index (κ1) is 13.4.